The quantitative estimate of drug-likeness (QED) is 0.530. The highest BCUT2D eigenvalue weighted by Gasteiger charge is 2.27. The van der Waals surface area contributed by atoms with E-state index in [4.69, 9.17) is 5.84 Å². The summed E-state index contributed by atoms with van der Waals surface area (Å²) in [5.41, 5.74) is 3.07. The molecule has 1 aromatic rings. The lowest BCUT2D eigenvalue weighted by Gasteiger charge is -2.29. The number of carbonyl (C=O) groups excluding carboxylic acids is 1. The molecule has 0 radical (unpaired) electrons. The summed E-state index contributed by atoms with van der Waals surface area (Å²) in [4.78, 5) is 13.1. The van der Waals surface area contributed by atoms with E-state index in [1.54, 1.807) is 19.2 Å². The Kier molecular flexibility index (Phi) is 4.26. The van der Waals surface area contributed by atoms with Crippen LogP contribution >= 0.6 is 0 Å². The molecule has 1 unspecified atom stereocenters. The number of hydrogen-bond donors (Lipinski definition) is 3. The molecule has 1 aliphatic heterocycles. The van der Waals surface area contributed by atoms with Crippen molar-refractivity contribution in [3.8, 4) is 0 Å². The minimum Gasteiger partial charge on any atom is -0.344 e. The van der Waals surface area contributed by atoms with Crippen molar-refractivity contribution >= 4 is 21.6 Å². The summed E-state index contributed by atoms with van der Waals surface area (Å²) in [5.74, 6) is 5.27. The molecular weight excluding hydrogens is 280 g/mol. The van der Waals surface area contributed by atoms with Crippen molar-refractivity contribution in [2.24, 2.45) is 5.84 Å². The number of likely N-dealkylation sites (N-methyl/N-ethyl adjacent to an activating group) is 1. The van der Waals surface area contributed by atoms with E-state index in [-0.39, 0.29) is 16.8 Å². The number of rotatable bonds is 4. The number of amides is 1. The zero-order chi connectivity index (χ0) is 14.8. The van der Waals surface area contributed by atoms with Gasteiger partial charge in [-0.3, -0.25) is 10.6 Å². The number of benzene rings is 1. The summed E-state index contributed by atoms with van der Waals surface area (Å²) >= 11 is 0. The van der Waals surface area contributed by atoms with E-state index < -0.39 is 10.0 Å². The number of nitrogens with one attached hydrogen (secondary N) is 2. The molecule has 1 aliphatic rings. The van der Waals surface area contributed by atoms with E-state index in [2.05, 4.69) is 10.1 Å². The largest absolute Gasteiger partial charge is 0.344 e. The van der Waals surface area contributed by atoms with Gasteiger partial charge in [0.25, 0.3) is 0 Å². The summed E-state index contributed by atoms with van der Waals surface area (Å²) in [7, 11) is -1.91. The summed E-state index contributed by atoms with van der Waals surface area (Å²) in [5, 5.41) is 0. The molecule has 0 spiro atoms. The fourth-order valence-corrected chi connectivity index (χ4v) is 3.39. The number of nitrogen functional groups attached to an aromatic ring is 1. The molecule has 4 N–H and O–H groups in total. The van der Waals surface area contributed by atoms with Crippen LogP contribution in [0.5, 0.6) is 0 Å². The van der Waals surface area contributed by atoms with Crippen LogP contribution in [0.1, 0.15) is 12.8 Å². The Morgan fingerprint density at radius 1 is 1.30 bits per heavy atom. The van der Waals surface area contributed by atoms with E-state index in [0.29, 0.717) is 25.1 Å². The second-order valence-electron chi connectivity index (χ2n) is 4.80. The number of carbonyl (C=O) groups is 1. The minimum atomic E-state index is -3.58. The van der Waals surface area contributed by atoms with Gasteiger partial charge >= 0.3 is 0 Å². The number of piperidine rings is 1. The van der Waals surface area contributed by atoms with E-state index in [9.17, 15) is 13.2 Å². The maximum atomic E-state index is 12.2. The first-order valence-electron chi connectivity index (χ1n) is 6.25. The molecule has 110 valence electrons. The second-order valence-corrected chi connectivity index (χ2v) is 6.51. The average Bonchev–Trinajstić information content (AvgIpc) is 2.43. The Morgan fingerprint density at radius 3 is 2.50 bits per heavy atom. The highest BCUT2D eigenvalue weighted by molar-refractivity contribution is 7.89. The molecule has 7 nitrogen and oxygen atoms in total. The third-order valence-electron chi connectivity index (χ3n) is 3.28. The first-order chi connectivity index (χ1) is 9.42. The molecule has 0 aromatic heterocycles. The predicted octanol–water partition coefficient (Wildman–Crippen LogP) is -0.129. The average molecular weight is 298 g/mol. The van der Waals surface area contributed by atoms with Crippen LogP contribution in [0.2, 0.25) is 0 Å². The summed E-state index contributed by atoms with van der Waals surface area (Å²) in [6, 6.07) is 5.88. The van der Waals surface area contributed by atoms with Crippen molar-refractivity contribution in [3.63, 3.8) is 0 Å². The highest BCUT2D eigenvalue weighted by Crippen LogP contribution is 2.16. The van der Waals surface area contributed by atoms with Crippen molar-refractivity contribution in [2.45, 2.75) is 23.8 Å². The van der Waals surface area contributed by atoms with Gasteiger partial charge in [0.1, 0.15) is 0 Å². The molecular formula is C12H18N4O3S. The molecule has 1 aromatic carbocycles. The van der Waals surface area contributed by atoms with Gasteiger partial charge in [0.2, 0.25) is 15.9 Å². The Bertz CT molecular complexity index is 585. The number of anilines is 1. The van der Waals surface area contributed by atoms with Gasteiger partial charge in [-0.15, -0.1) is 0 Å². The van der Waals surface area contributed by atoms with Crippen LogP contribution in [0, 0.1) is 0 Å². The van der Waals surface area contributed by atoms with Gasteiger partial charge in [0.05, 0.1) is 4.90 Å². The topological polar surface area (TPSA) is 105 Å². The SMILES string of the molecule is CN1CC(NS(=O)(=O)c2ccc(NN)cc2)CCC1=O. The van der Waals surface area contributed by atoms with Gasteiger partial charge < -0.3 is 10.3 Å². The van der Waals surface area contributed by atoms with E-state index >= 15 is 0 Å². The van der Waals surface area contributed by atoms with E-state index in [1.807, 2.05) is 0 Å². The molecule has 20 heavy (non-hydrogen) atoms. The molecule has 0 aliphatic carbocycles. The van der Waals surface area contributed by atoms with Crippen LogP contribution in [0.15, 0.2) is 29.2 Å². The molecule has 1 heterocycles. The third-order valence-corrected chi connectivity index (χ3v) is 4.82. The molecule has 0 saturated carbocycles. The van der Waals surface area contributed by atoms with Crippen molar-refractivity contribution in [1.82, 2.24) is 9.62 Å². The predicted molar refractivity (Wildman–Crippen MR) is 75.2 cm³/mol. The first kappa shape index (κ1) is 14.8. The number of hydrazine groups is 1. The van der Waals surface area contributed by atoms with E-state index in [1.165, 1.54) is 17.0 Å². The van der Waals surface area contributed by atoms with Crippen LogP contribution in [-0.2, 0) is 14.8 Å². The maximum Gasteiger partial charge on any atom is 0.240 e. The lowest BCUT2D eigenvalue weighted by atomic mass is 10.1. The molecule has 1 atom stereocenters. The number of nitrogens with two attached hydrogens (primary N) is 1. The van der Waals surface area contributed by atoms with Crippen molar-refractivity contribution in [3.05, 3.63) is 24.3 Å². The fourth-order valence-electron chi connectivity index (χ4n) is 2.13. The Hall–Kier alpha value is -1.64. The van der Waals surface area contributed by atoms with Crippen molar-refractivity contribution in [2.75, 3.05) is 19.0 Å². The summed E-state index contributed by atoms with van der Waals surface area (Å²) in [6.07, 6.45) is 0.880. The van der Waals surface area contributed by atoms with Crippen LogP contribution in [0.4, 0.5) is 5.69 Å². The fraction of sp³-hybridized carbons (Fsp3) is 0.417. The lowest BCUT2D eigenvalue weighted by molar-refractivity contribution is -0.132. The molecule has 8 heteroatoms. The van der Waals surface area contributed by atoms with Gasteiger partial charge in [-0.05, 0) is 30.7 Å². The molecule has 1 fully saturated rings. The Labute approximate surface area is 118 Å². The molecule has 2 rings (SSSR count). The minimum absolute atomic E-state index is 0.0406. The highest BCUT2D eigenvalue weighted by atomic mass is 32.2. The number of likely N-dealkylation sites (tertiary alicyclic amines) is 1. The number of hydrogen-bond acceptors (Lipinski definition) is 5. The lowest BCUT2D eigenvalue weighted by Crippen LogP contribution is -2.48. The van der Waals surface area contributed by atoms with Crippen LogP contribution in [0.25, 0.3) is 0 Å². The normalized spacial score (nSPS) is 20.0. The number of nitrogens with zero attached hydrogens (tertiary/aromatic N) is 1. The van der Waals surface area contributed by atoms with Gasteiger partial charge in [-0.1, -0.05) is 0 Å². The van der Waals surface area contributed by atoms with Crippen molar-refractivity contribution < 1.29 is 13.2 Å². The van der Waals surface area contributed by atoms with Crippen LogP contribution in [-0.4, -0.2) is 38.9 Å². The van der Waals surface area contributed by atoms with Gasteiger partial charge in [-0.25, -0.2) is 13.1 Å². The summed E-state index contributed by atoms with van der Waals surface area (Å²) < 4.78 is 27.1. The van der Waals surface area contributed by atoms with Gasteiger partial charge in [0, 0.05) is 31.7 Å². The third kappa shape index (κ3) is 3.27. The molecule has 1 saturated heterocycles. The first-order valence-corrected chi connectivity index (χ1v) is 7.73. The monoisotopic (exact) mass is 298 g/mol. The number of sulfonamides is 1. The van der Waals surface area contributed by atoms with E-state index in [0.717, 1.165) is 0 Å². The van der Waals surface area contributed by atoms with Crippen LogP contribution < -0.4 is 16.0 Å². The second kappa shape index (κ2) is 5.78. The molecule has 1 amide bonds. The summed E-state index contributed by atoms with van der Waals surface area (Å²) in [6.45, 7) is 0.389. The zero-order valence-electron chi connectivity index (χ0n) is 11.2. The van der Waals surface area contributed by atoms with Crippen molar-refractivity contribution in [1.29, 1.82) is 0 Å². The van der Waals surface area contributed by atoms with Crippen LogP contribution in [0.3, 0.4) is 0 Å². The Morgan fingerprint density at radius 2 is 1.95 bits per heavy atom. The Balaban J connectivity index is 2.08. The smallest absolute Gasteiger partial charge is 0.240 e. The van der Waals surface area contributed by atoms with Gasteiger partial charge in [0.15, 0.2) is 0 Å². The zero-order valence-corrected chi connectivity index (χ0v) is 12.0. The standard InChI is InChI=1S/C12H18N4O3S/c1-16-8-10(4-7-12(16)17)15-20(18,19)11-5-2-9(14-13)3-6-11/h2-3,5-6,10,14-15H,4,7-8,13H2,1H3. The maximum absolute atomic E-state index is 12.2. The van der Waals surface area contributed by atoms with Gasteiger partial charge in [-0.2, -0.15) is 0 Å². The molecule has 0 bridgehead atoms.